The van der Waals surface area contributed by atoms with Crippen LogP contribution in [0.1, 0.15) is 31.1 Å². The molecule has 0 atom stereocenters. The zero-order chi connectivity index (χ0) is 13.7. The summed E-state index contributed by atoms with van der Waals surface area (Å²) < 4.78 is 4.96. The number of rotatable bonds is 6. The van der Waals surface area contributed by atoms with Crippen LogP contribution in [0.4, 0.5) is 0 Å². The molecule has 1 N–H and O–H groups in total. The van der Waals surface area contributed by atoms with Crippen LogP contribution in [0.2, 0.25) is 0 Å². The summed E-state index contributed by atoms with van der Waals surface area (Å²) in [6.07, 6.45) is 0. The van der Waals surface area contributed by atoms with E-state index in [9.17, 15) is 0 Å². The Morgan fingerprint density at radius 1 is 1.37 bits per heavy atom. The van der Waals surface area contributed by atoms with Crippen molar-refractivity contribution in [1.82, 2.24) is 15.5 Å². The lowest BCUT2D eigenvalue weighted by atomic mass is 10.2. The van der Waals surface area contributed by atoms with E-state index < -0.39 is 0 Å². The predicted molar refractivity (Wildman–Crippen MR) is 77.0 cm³/mol. The van der Waals surface area contributed by atoms with Gasteiger partial charge in [-0.1, -0.05) is 31.1 Å². The highest BCUT2D eigenvalue weighted by Crippen LogP contribution is 2.22. The third-order valence-electron chi connectivity index (χ3n) is 2.55. The Bertz CT molecular complexity index is 525. The summed E-state index contributed by atoms with van der Waals surface area (Å²) in [7, 11) is 0. The Kier molecular flexibility index (Phi) is 4.99. The van der Waals surface area contributed by atoms with Crippen LogP contribution >= 0.6 is 11.8 Å². The van der Waals surface area contributed by atoms with Gasteiger partial charge < -0.3 is 9.84 Å². The van der Waals surface area contributed by atoms with Crippen molar-refractivity contribution in [1.29, 1.82) is 0 Å². The molecular formula is C14H19N3OS. The smallest absolute Gasteiger partial charge is 0.223 e. The molecule has 0 spiro atoms. The van der Waals surface area contributed by atoms with E-state index in [1.54, 1.807) is 18.7 Å². The van der Waals surface area contributed by atoms with Crippen LogP contribution in [-0.4, -0.2) is 16.2 Å². The molecule has 1 aromatic heterocycles. The minimum Gasteiger partial charge on any atom is -0.340 e. The number of nitrogens with zero attached hydrogens (tertiary/aromatic N) is 2. The topological polar surface area (TPSA) is 51.0 Å². The molecule has 0 amide bonds. The average molecular weight is 277 g/mol. The third kappa shape index (κ3) is 4.69. The van der Waals surface area contributed by atoms with E-state index in [0.29, 0.717) is 11.9 Å². The van der Waals surface area contributed by atoms with Gasteiger partial charge in [0.15, 0.2) is 5.82 Å². The molecule has 0 fully saturated rings. The van der Waals surface area contributed by atoms with E-state index in [1.165, 1.54) is 10.5 Å². The number of aromatic nitrogens is 2. The number of nitrogens with one attached hydrogen (secondary N) is 1. The first-order valence-electron chi connectivity index (χ1n) is 6.38. The fraction of sp³-hybridized carbons (Fsp3) is 0.429. The van der Waals surface area contributed by atoms with Crippen molar-refractivity contribution >= 4 is 11.8 Å². The number of thioether (sulfide) groups is 1. The van der Waals surface area contributed by atoms with Crippen molar-refractivity contribution in [3.05, 3.63) is 41.5 Å². The van der Waals surface area contributed by atoms with Gasteiger partial charge in [0.05, 0.1) is 5.75 Å². The van der Waals surface area contributed by atoms with E-state index in [-0.39, 0.29) is 0 Å². The number of benzene rings is 1. The summed E-state index contributed by atoms with van der Waals surface area (Å²) in [6, 6.07) is 9.03. The highest BCUT2D eigenvalue weighted by atomic mass is 32.2. The molecule has 0 aliphatic rings. The van der Waals surface area contributed by atoms with Crippen LogP contribution in [0.25, 0.3) is 0 Å². The normalized spacial score (nSPS) is 11.2. The monoisotopic (exact) mass is 277 g/mol. The van der Waals surface area contributed by atoms with E-state index in [4.69, 9.17) is 4.52 Å². The van der Waals surface area contributed by atoms with E-state index in [1.807, 2.05) is 0 Å². The third-order valence-corrected chi connectivity index (χ3v) is 3.54. The fourth-order valence-electron chi connectivity index (χ4n) is 1.62. The molecule has 0 bridgehead atoms. The van der Waals surface area contributed by atoms with Gasteiger partial charge in [0.25, 0.3) is 0 Å². The zero-order valence-electron chi connectivity index (χ0n) is 11.5. The Morgan fingerprint density at radius 3 is 2.89 bits per heavy atom. The molecule has 5 heteroatoms. The van der Waals surface area contributed by atoms with Gasteiger partial charge in [0.2, 0.25) is 5.89 Å². The number of aryl methyl sites for hydroxylation is 1. The molecule has 102 valence electrons. The Morgan fingerprint density at radius 2 is 2.21 bits per heavy atom. The van der Waals surface area contributed by atoms with Crippen molar-refractivity contribution in [2.24, 2.45) is 0 Å². The number of hydrogen-bond donors (Lipinski definition) is 1. The van der Waals surface area contributed by atoms with Crippen molar-refractivity contribution in [3.63, 3.8) is 0 Å². The number of hydrogen-bond acceptors (Lipinski definition) is 5. The summed E-state index contributed by atoms with van der Waals surface area (Å²) in [5.74, 6) is 2.09. The first-order valence-corrected chi connectivity index (χ1v) is 7.36. The van der Waals surface area contributed by atoms with Gasteiger partial charge in [-0.25, -0.2) is 0 Å². The second-order valence-electron chi connectivity index (χ2n) is 4.70. The van der Waals surface area contributed by atoms with Gasteiger partial charge in [-0.05, 0) is 17.7 Å². The maximum absolute atomic E-state index is 4.96. The van der Waals surface area contributed by atoms with E-state index in [0.717, 1.165) is 18.1 Å². The molecule has 1 aromatic carbocycles. The van der Waals surface area contributed by atoms with Gasteiger partial charge in [-0.15, -0.1) is 11.8 Å². The van der Waals surface area contributed by atoms with Gasteiger partial charge in [-0.2, -0.15) is 4.98 Å². The fourth-order valence-corrected chi connectivity index (χ4v) is 2.44. The SMILES string of the molecule is Cc1nc(CSc2cccc(CNC(C)C)c2)no1. The van der Waals surface area contributed by atoms with Crippen LogP contribution in [-0.2, 0) is 12.3 Å². The molecule has 1 heterocycles. The lowest BCUT2D eigenvalue weighted by molar-refractivity contribution is 0.389. The van der Waals surface area contributed by atoms with Gasteiger partial charge >= 0.3 is 0 Å². The van der Waals surface area contributed by atoms with Crippen LogP contribution in [0.15, 0.2) is 33.7 Å². The van der Waals surface area contributed by atoms with Crippen LogP contribution in [0.5, 0.6) is 0 Å². The molecule has 0 saturated heterocycles. The molecule has 0 unspecified atom stereocenters. The molecule has 4 nitrogen and oxygen atoms in total. The van der Waals surface area contributed by atoms with Crippen molar-refractivity contribution in [3.8, 4) is 0 Å². The van der Waals surface area contributed by atoms with Crippen molar-refractivity contribution in [2.45, 2.75) is 44.0 Å². The highest BCUT2D eigenvalue weighted by molar-refractivity contribution is 7.98. The summed E-state index contributed by atoms with van der Waals surface area (Å²) in [5.41, 5.74) is 1.29. The summed E-state index contributed by atoms with van der Waals surface area (Å²) in [6.45, 7) is 7.00. The maximum Gasteiger partial charge on any atom is 0.223 e. The molecule has 0 aliphatic carbocycles. The lowest BCUT2D eigenvalue weighted by Gasteiger charge is -2.09. The second kappa shape index (κ2) is 6.73. The second-order valence-corrected chi connectivity index (χ2v) is 5.75. The summed E-state index contributed by atoms with van der Waals surface area (Å²) >= 11 is 1.72. The van der Waals surface area contributed by atoms with Gasteiger partial charge in [0, 0.05) is 24.4 Å². The lowest BCUT2D eigenvalue weighted by Crippen LogP contribution is -2.21. The summed E-state index contributed by atoms with van der Waals surface area (Å²) in [5, 5.41) is 7.31. The van der Waals surface area contributed by atoms with Crippen LogP contribution in [0.3, 0.4) is 0 Å². The molecule has 0 radical (unpaired) electrons. The van der Waals surface area contributed by atoms with Gasteiger partial charge in [-0.3, -0.25) is 0 Å². The van der Waals surface area contributed by atoms with Crippen molar-refractivity contribution in [2.75, 3.05) is 0 Å². The quantitative estimate of drug-likeness (QED) is 0.822. The standard InChI is InChI=1S/C14H19N3OS/c1-10(2)15-8-12-5-4-6-13(7-12)19-9-14-16-11(3)18-17-14/h4-7,10,15H,8-9H2,1-3H3. The molecule has 19 heavy (non-hydrogen) atoms. The Balaban J connectivity index is 1.91. The Hall–Kier alpha value is -1.33. The largest absolute Gasteiger partial charge is 0.340 e. The van der Waals surface area contributed by atoms with E-state index >= 15 is 0 Å². The molecule has 0 saturated carbocycles. The van der Waals surface area contributed by atoms with Gasteiger partial charge in [0.1, 0.15) is 0 Å². The molecule has 2 aromatic rings. The Labute approximate surface area is 118 Å². The van der Waals surface area contributed by atoms with E-state index in [2.05, 4.69) is 53.6 Å². The average Bonchev–Trinajstić information content (AvgIpc) is 2.80. The first-order chi connectivity index (χ1) is 9.13. The van der Waals surface area contributed by atoms with Crippen LogP contribution in [0, 0.1) is 6.92 Å². The molecular weight excluding hydrogens is 258 g/mol. The van der Waals surface area contributed by atoms with Crippen molar-refractivity contribution < 1.29 is 4.52 Å². The zero-order valence-corrected chi connectivity index (χ0v) is 12.3. The summed E-state index contributed by atoms with van der Waals surface area (Å²) in [4.78, 5) is 5.42. The highest BCUT2D eigenvalue weighted by Gasteiger charge is 2.04. The first kappa shape index (κ1) is 14.1. The minimum atomic E-state index is 0.499. The predicted octanol–water partition coefficient (Wildman–Crippen LogP) is 3.17. The molecule has 0 aliphatic heterocycles. The minimum absolute atomic E-state index is 0.499. The van der Waals surface area contributed by atoms with Crippen LogP contribution < -0.4 is 5.32 Å². The molecule has 2 rings (SSSR count). The maximum atomic E-state index is 4.96.